The Kier molecular flexibility index (Phi) is 4.42. The summed E-state index contributed by atoms with van der Waals surface area (Å²) in [7, 11) is -3.57. The molecule has 0 amide bonds. The second-order valence-electron chi connectivity index (χ2n) is 4.63. The molecular formula is C15H17NO3S. The van der Waals surface area contributed by atoms with Gasteiger partial charge in [-0.2, -0.15) is 0 Å². The molecule has 0 atom stereocenters. The Labute approximate surface area is 119 Å². The highest BCUT2D eigenvalue weighted by Gasteiger charge is 2.13. The maximum absolute atomic E-state index is 12.0. The van der Waals surface area contributed by atoms with Crippen molar-refractivity contribution >= 4 is 10.0 Å². The van der Waals surface area contributed by atoms with E-state index in [1.807, 2.05) is 31.2 Å². The van der Waals surface area contributed by atoms with Crippen molar-refractivity contribution in [3.8, 4) is 5.75 Å². The first kappa shape index (κ1) is 14.6. The Hall–Kier alpha value is -1.85. The predicted octanol–water partition coefficient (Wildman–Crippen LogP) is 2.22. The normalized spacial score (nSPS) is 11.4. The molecule has 0 aromatic heterocycles. The van der Waals surface area contributed by atoms with E-state index in [4.69, 9.17) is 0 Å². The summed E-state index contributed by atoms with van der Waals surface area (Å²) in [6, 6.07) is 13.6. The van der Waals surface area contributed by atoms with Gasteiger partial charge in [-0.1, -0.05) is 35.9 Å². The molecule has 0 aliphatic heterocycles. The highest BCUT2D eigenvalue weighted by atomic mass is 32.2. The Morgan fingerprint density at radius 2 is 1.85 bits per heavy atom. The monoisotopic (exact) mass is 291 g/mol. The molecule has 4 nitrogen and oxygen atoms in total. The van der Waals surface area contributed by atoms with Crippen LogP contribution in [0.2, 0.25) is 0 Å². The smallest absolute Gasteiger partial charge is 0.240 e. The van der Waals surface area contributed by atoms with Gasteiger partial charge in [-0.3, -0.25) is 0 Å². The van der Waals surface area contributed by atoms with Crippen molar-refractivity contribution in [2.45, 2.75) is 18.2 Å². The van der Waals surface area contributed by atoms with E-state index >= 15 is 0 Å². The van der Waals surface area contributed by atoms with Crippen LogP contribution in [0.25, 0.3) is 0 Å². The van der Waals surface area contributed by atoms with Crippen molar-refractivity contribution in [1.82, 2.24) is 4.72 Å². The van der Waals surface area contributed by atoms with Crippen LogP contribution in [0.5, 0.6) is 5.75 Å². The van der Waals surface area contributed by atoms with Crippen molar-refractivity contribution in [2.24, 2.45) is 0 Å². The van der Waals surface area contributed by atoms with E-state index in [-0.39, 0.29) is 10.6 Å². The summed E-state index contributed by atoms with van der Waals surface area (Å²) in [6.07, 6.45) is 0.625. The van der Waals surface area contributed by atoms with Gasteiger partial charge in [0.05, 0.1) is 4.90 Å². The van der Waals surface area contributed by atoms with Crippen LogP contribution in [-0.2, 0) is 16.4 Å². The molecule has 0 heterocycles. The lowest BCUT2D eigenvalue weighted by Crippen LogP contribution is -2.25. The van der Waals surface area contributed by atoms with Crippen LogP contribution in [-0.4, -0.2) is 20.1 Å². The van der Waals surface area contributed by atoms with Crippen LogP contribution >= 0.6 is 0 Å². The zero-order valence-corrected chi connectivity index (χ0v) is 12.0. The third kappa shape index (κ3) is 3.82. The van der Waals surface area contributed by atoms with Crippen LogP contribution in [0, 0.1) is 6.92 Å². The van der Waals surface area contributed by atoms with Gasteiger partial charge in [0.15, 0.2) is 0 Å². The van der Waals surface area contributed by atoms with Crippen molar-refractivity contribution in [3.05, 3.63) is 59.7 Å². The van der Waals surface area contributed by atoms with Crippen molar-refractivity contribution in [1.29, 1.82) is 0 Å². The molecule has 2 N–H and O–H groups in total. The molecule has 106 valence electrons. The minimum atomic E-state index is -3.57. The van der Waals surface area contributed by atoms with Gasteiger partial charge in [-0.05, 0) is 37.1 Å². The fourth-order valence-electron chi connectivity index (χ4n) is 1.93. The molecule has 0 saturated heterocycles. The lowest BCUT2D eigenvalue weighted by molar-refractivity contribution is 0.473. The van der Waals surface area contributed by atoms with E-state index in [0.717, 1.165) is 11.1 Å². The van der Waals surface area contributed by atoms with Crippen molar-refractivity contribution in [2.75, 3.05) is 6.54 Å². The molecule has 0 spiro atoms. The van der Waals surface area contributed by atoms with Gasteiger partial charge in [0.1, 0.15) is 5.75 Å². The topological polar surface area (TPSA) is 66.4 Å². The Morgan fingerprint density at radius 3 is 2.55 bits per heavy atom. The minimum absolute atomic E-state index is 0.0634. The summed E-state index contributed by atoms with van der Waals surface area (Å²) in [5.74, 6) is -0.0634. The Bertz CT molecular complexity index is 696. The molecule has 0 unspecified atom stereocenters. The molecule has 2 aromatic carbocycles. The predicted molar refractivity (Wildman–Crippen MR) is 78.2 cm³/mol. The molecule has 20 heavy (non-hydrogen) atoms. The lowest BCUT2D eigenvalue weighted by Gasteiger charge is -2.07. The highest BCUT2D eigenvalue weighted by Crippen LogP contribution is 2.15. The Balaban J connectivity index is 2.00. The molecule has 5 heteroatoms. The zero-order valence-electron chi connectivity index (χ0n) is 11.2. The molecule has 2 rings (SSSR count). The lowest BCUT2D eigenvalue weighted by atomic mass is 10.1. The summed E-state index contributed by atoms with van der Waals surface area (Å²) in [5, 5.41) is 9.32. The Morgan fingerprint density at radius 1 is 1.10 bits per heavy atom. The first-order valence-corrected chi connectivity index (χ1v) is 7.80. The summed E-state index contributed by atoms with van der Waals surface area (Å²) in [4.78, 5) is 0.0711. The SMILES string of the molecule is Cc1cccc(CCNS(=O)(=O)c2cccc(O)c2)c1. The van der Waals surface area contributed by atoms with Gasteiger partial charge in [-0.15, -0.1) is 0 Å². The van der Waals surface area contributed by atoms with E-state index in [9.17, 15) is 13.5 Å². The van der Waals surface area contributed by atoms with Crippen LogP contribution in [0.1, 0.15) is 11.1 Å². The summed E-state index contributed by atoms with van der Waals surface area (Å²) in [5.41, 5.74) is 2.24. The molecule has 0 aliphatic rings. The van der Waals surface area contributed by atoms with Crippen LogP contribution in [0.3, 0.4) is 0 Å². The van der Waals surface area contributed by atoms with E-state index in [2.05, 4.69) is 4.72 Å². The number of aryl methyl sites for hydroxylation is 1. The third-order valence-corrected chi connectivity index (χ3v) is 4.37. The standard InChI is InChI=1S/C15H17NO3S/c1-12-4-2-5-13(10-12)8-9-16-20(18,19)15-7-3-6-14(17)11-15/h2-7,10-11,16-17H,8-9H2,1H3. The van der Waals surface area contributed by atoms with Crippen molar-refractivity contribution < 1.29 is 13.5 Å². The van der Waals surface area contributed by atoms with Crippen LogP contribution in [0.4, 0.5) is 0 Å². The first-order chi connectivity index (χ1) is 9.47. The summed E-state index contributed by atoms with van der Waals surface area (Å²) in [6.45, 7) is 2.32. The number of hydrogen-bond donors (Lipinski definition) is 2. The number of phenols is 1. The van der Waals surface area contributed by atoms with E-state index in [1.54, 1.807) is 0 Å². The maximum Gasteiger partial charge on any atom is 0.240 e. The number of sulfonamides is 1. The molecule has 0 fully saturated rings. The van der Waals surface area contributed by atoms with Crippen LogP contribution in [0.15, 0.2) is 53.4 Å². The van der Waals surface area contributed by atoms with Gasteiger partial charge in [0, 0.05) is 6.54 Å². The van der Waals surface area contributed by atoms with Gasteiger partial charge >= 0.3 is 0 Å². The van der Waals surface area contributed by atoms with Crippen LogP contribution < -0.4 is 4.72 Å². The first-order valence-electron chi connectivity index (χ1n) is 6.32. The maximum atomic E-state index is 12.0. The van der Waals surface area contributed by atoms with Gasteiger partial charge in [0.25, 0.3) is 0 Å². The molecule has 0 saturated carbocycles. The van der Waals surface area contributed by atoms with Gasteiger partial charge in [-0.25, -0.2) is 13.1 Å². The van der Waals surface area contributed by atoms with Gasteiger partial charge < -0.3 is 5.11 Å². The highest BCUT2D eigenvalue weighted by molar-refractivity contribution is 7.89. The molecule has 0 aliphatic carbocycles. The number of nitrogens with one attached hydrogen (secondary N) is 1. The quantitative estimate of drug-likeness (QED) is 0.887. The minimum Gasteiger partial charge on any atom is -0.508 e. The van der Waals surface area contributed by atoms with E-state index < -0.39 is 10.0 Å². The number of aromatic hydroxyl groups is 1. The number of phenolic OH excluding ortho intramolecular Hbond substituents is 1. The second kappa shape index (κ2) is 6.07. The summed E-state index contributed by atoms with van der Waals surface area (Å²) < 4.78 is 26.6. The fraction of sp³-hybridized carbons (Fsp3) is 0.200. The average Bonchev–Trinajstić information content (AvgIpc) is 2.38. The van der Waals surface area contributed by atoms with Crippen molar-refractivity contribution in [3.63, 3.8) is 0 Å². The molecule has 0 radical (unpaired) electrons. The molecule has 0 bridgehead atoms. The number of benzene rings is 2. The van der Waals surface area contributed by atoms with E-state index in [1.165, 1.54) is 24.3 Å². The number of rotatable bonds is 5. The third-order valence-electron chi connectivity index (χ3n) is 2.92. The zero-order chi connectivity index (χ0) is 14.6. The fourth-order valence-corrected chi connectivity index (χ4v) is 3.00. The van der Waals surface area contributed by atoms with Gasteiger partial charge in [0.2, 0.25) is 10.0 Å². The molecule has 2 aromatic rings. The largest absolute Gasteiger partial charge is 0.508 e. The van der Waals surface area contributed by atoms with E-state index in [0.29, 0.717) is 13.0 Å². The summed E-state index contributed by atoms with van der Waals surface area (Å²) >= 11 is 0. The second-order valence-corrected chi connectivity index (χ2v) is 6.40. The number of hydrogen-bond acceptors (Lipinski definition) is 3. The molecular weight excluding hydrogens is 274 g/mol. The average molecular weight is 291 g/mol.